The number of carbonyl (C=O) groups is 3. The van der Waals surface area contributed by atoms with Crippen molar-refractivity contribution in [1.82, 2.24) is 10.6 Å². The summed E-state index contributed by atoms with van der Waals surface area (Å²) in [7, 11) is 3.22. The molecular weight excluding hydrogens is 532 g/mol. The Bertz CT molecular complexity index is 612. The highest BCUT2D eigenvalue weighted by molar-refractivity contribution is 5.83. The fourth-order valence-electron chi connectivity index (χ4n) is 3.01. The van der Waals surface area contributed by atoms with Gasteiger partial charge in [0.2, 0.25) is 11.8 Å². The molecule has 0 saturated heterocycles. The molecular formula is C26H50N2O12. The topological polar surface area (TPSA) is 169 Å². The molecule has 14 nitrogen and oxygen atoms in total. The lowest BCUT2D eigenvalue weighted by Crippen LogP contribution is -2.41. The van der Waals surface area contributed by atoms with Gasteiger partial charge in [-0.25, -0.2) is 4.79 Å². The van der Waals surface area contributed by atoms with E-state index in [1.54, 1.807) is 14.2 Å². The zero-order chi connectivity index (χ0) is 29.5. The molecule has 0 heterocycles. The summed E-state index contributed by atoms with van der Waals surface area (Å²) in [6.45, 7) is 6.38. The van der Waals surface area contributed by atoms with Gasteiger partial charge in [0.15, 0.2) is 0 Å². The molecule has 0 saturated carbocycles. The quantitative estimate of drug-likeness (QED) is 0.0938. The van der Waals surface area contributed by atoms with Crippen LogP contribution in [0.1, 0.15) is 32.1 Å². The SMILES string of the molecule is COCCOCCOCCOCCC(=O)NCCCC[C@@H](NC(=O)CCOCCOCCOCCOC)C(=O)O. The van der Waals surface area contributed by atoms with Crippen molar-refractivity contribution in [2.45, 2.75) is 38.1 Å². The first kappa shape index (κ1) is 38.1. The maximum atomic E-state index is 12.0. The first-order valence-electron chi connectivity index (χ1n) is 13.7. The van der Waals surface area contributed by atoms with Crippen molar-refractivity contribution in [2.75, 3.05) is 113 Å². The highest BCUT2D eigenvalue weighted by Crippen LogP contribution is 2.02. The van der Waals surface area contributed by atoms with Gasteiger partial charge in [-0.15, -0.1) is 0 Å². The van der Waals surface area contributed by atoms with E-state index in [1.165, 1.54) is 0 Å². The van der Waals surface area contributed by atoms with Gasteiger partial charge in [-0.2, -0.15) is 0 Å². The number of carboxylic acids is 1. The van der Waals surface area contributed by atoms with E-state index in [9.17, 15) is 19.5 Å². The minimum Gasteiger partial charge on any atom is -0.480 e. The van der Waals surface area contributed by atoms with Gasteiger partial charge in [0, 0.05) is 33.6 Å². The summed E-state index contributed by atoms with van der Waals surface area (Å²) >= 11 is 0. The molecule has 40 heavy (non-hydrogen) atoms. The highest BCUT2D eigenvalue weighted by Gasteiger charge is 2.19. The molecule has 0 bridgehead atoms. The van der Waals surface area contributed by atoms with Crippen LogP contribution < -0.4 is 10.6 Å². The number of amides is 2. The number of ether oxygens (including phenoxy) is 8. The monoisotopic (exact) mass is 582 g/mol. The normalized spacial score (nSPS) is 11.8. The maximum absolute atomic E-state index is 12.0. The van der Waals surface area contributed by atoms with Crippen molar-refractivity contribution < 1.29 is 57.4 Å². The molecule has 236 valence electrons. The molecule has 0 rings (SSSR count). The Balaban J connectivity index is 3.64. The van der Waals surface area contributed by atoms with E-state index in [2.05, 4.69) is 10.6 Å². The highest BCUT2D eigenvalue weighted by atomic mass is 16.6. The van der Waals surface area contributed by atoms with Crippen LogP contribution in [-0.2, 0) is 52.3 Å². The van der Waals surface area contributed by atoms with E-state index >= 15 is 0 Å². The number of carbonyl (C=O) groups excluding carboxylic acids is 2. The smallest absolute Gasteiger partial charge is 0.326 e. The van der Waals surface area contributed by atoms with E-state index in [0.29, 0.717) is 98.7 Å². The number of aliphatic carboxylic acids is 1. The van der Waals surface area contributed by atoms with Gasteiger partial charge in [0.1, 0.15) is 6.04 Å². The van der Waals surface area contributed by atoms with Crippen molar-refractivity contribution in [3.63, 3.8) is 0 Å². The molecule has 0 unspecified atom stereocenters. The molecule has 0 radical (unpaired) electrons. The van der Waals surface area contributed by atoms with E-state index in [1.807, 2.05) is 0 Å². The largest absolute Gasteiger partial charge is 0.480 e. The summed E-state index contributed by atoms with van der Waals surface area (Å²) < 4.78 is 41.6. The van der Waals surface area contributed by atoms with Crippen molar-refractivity contribution in [2.24, 2.45) is 0 Å². The van der Waals surface area contributed by atoms with Crippen molar-refractivity contribution in [3.05, 3.63) is 0 Å². The summed E-state index contributed by atoms with van der Waals surface area (Å²) in [5.74, 6) is -1.63. The predicted molar refractivity (Wildman–Crippen MR) is 144 cm³/mol. The summed E-state index contributed by atoms with van der Waals surface area (Å²) in [5.41, 5.74) is 0. The Hall–Kier alpha value is -1.91. The van der Waals surface area contributed by atoms with Crippen LogP contribution in [0.5, 0.6) is 0 Å². The van der Waals surface area contributed by atoms with E-state index in [0.717, 1.165) is 0 Å². The van der Waals surface area contributed by atoms with Crippen LogP contribution in [0.25, 0.3) is 0 Å². The molecule has 0 aromatic rings. The van der Waals surface area contributed by atoms with E-state index < -0.39 is 17.9 Å². The minimum absolute atomic E-state index is 0.0530. The summed E-state index contributed by atoms with van der Waals surface area (Å²) in [6, 6.07) is -0.989. The zero-order valence-corrected chi connectivity index (χ0v) is 24.2. The lowest BCUT2D eigenvalue weighted by molar-refractivity contribution is -0.142. The first-order chi connectivity index (χ1) is 19.5. The Morgan fingerprint density at radius 2 is 0.975 bits per heavy atom. The maximum Gasteiger partial charge on any atom is 0.326 e. The van der Waals surface area contributed by atoms with Crippen LogP contribution in [0.4, 0.5) is 0 Å². The number of methoxy groups -OCH3 is 2. The molecule has 14 heteroatoms. The molecule has 0 aliphatic heterocycles. The predicted octanol–water partition coefficient (Wildman–Crippen LogP) is 0.0149. The summed E-state index contributed by atoms with van der Waals surface area (Å²) in [5, 5.41) is 14.7. The fraction of sp³-hybridized carbons (Fsp3) is 0.885. The Morgan fingerprint density at radius 3 is 1.40 bits per heavy atom. The standard InChI is InChI=1S/C26H50N2O12/c1-33-11-13-37-19-21-39-17-15-35-9-6-24(29)27-8-4-3-5-23(26(31)32)28-25(30)7-10-36-16-18-40-22-20-38-14-12-34-2/h23H,3-22H2,1-2H3,(H,27,29)(H,28,30)(H,31,32)/t23-/m1/s1. The molecule has 0 aliphatic rings. The molecule has 0 aromatic heterocycles. The van der Waals surface area contributed by atoms with Crippen LogP contribution in [0.3, 0.4) is 0 Å². The van der Waals surface area contributed by atoms with E-state index in [4.69, 9.17) is 37.9 Å². The fourth-order valence-corrected chi connectivity index (χ4v) is 3.01. The van der Waals surface area contributed by atoms with Crippen LogP contribution in [0, 0.1) is 0 Å². The number of carboxylic acid groups (broad SMARTS) is 1. The lowest BCUT2D eigenvalue weighted by Gasteiger charge is -2.15. The number of nitrogens with one attached hydrogen (secondary N) is 2. The molecule has 0 aliphatic carbocycles. The first-order valence-corrected chi connectivity index (χ1v) is 13.7. The number of unbranched alkanes of at least 4 members (excludes halogenated alkanes) is 1. The van der Waals surface area contributed by atoms with Gasteiger partial charge in [-0.05, 0) is 19.3 Å². The second-order valence-corrected chi connectivity index (χ2v) is 8.46. The van der Waals surface area contributed by atoms with Crippen LogP contribution in [-0.4, -0.2) is 142 Å². The molecule has 0 fully saturated rings. The van der Waals surface area contributed by atoms with Crippen LogP contribution >= 0.6 is 0 Å². The lowest BCUT2D eigenvalue weighted by atomic mass is 10.1. The van der Waals surface area contributed by atoms with Crippen molar-refractivity contribution in [1.29, 1.82) is 0 Å². The van der Waals surface area contributed by atoms with Crippen LogP contribution in [0.2, 0.25) is 0 Å². The summed E-state index contributed by atoms with van der Waals surface area (Å²) in [6.07, 6.45) is 1.66. The third-order valence-corrected chi connectivity index (χ3v) is 5.17. The van der Waals surface area contributed by atoms with Gasteiger partial charge in [-0.1, -0.05) is 0 Å². The zero-order valence-electron chi connectivity index (χ0n) is 24.2. The van der Waals surface area contributed by atoms with E-state index in [-0.39, 0.29) is 38.4 Å². The third-order valence-electron chi connectivity index (χ3n) is 5.17. The molecule has 0 aromatic carbocycles. The second kappa shape index (κ2) is 30.1. The average molecular weight is 583 g/mol. The average Bonchev–Trinajstić information content (AvgIpc) is 2.93. The molecule has 3 N–H and O–H groups in total. The molecule has 0 spiro atoms. The van der Waals surface area contributed by atoms with Crippen molar-refractivity contribution >= 4 is 17.8 Å². The Morgan fingerprint density at radius 1 is 0.575 bits per heavy atom. The number of hydrogen-bond acceptors (Lipinski definition) is 11. The third kappa shape index (κ3) is 27.6. The van der Waals surface area contributed by atoms with Gasteiger partial charge in [0.25, 0.3) is 0 Å². The number of hydrogen-bond donors (Lipinski definition) is 3. The molecule has 1 atom stereocenters. The van der Waals surface area contributed by atoms with Gasteiger partial charge in [0.05, 0.1) is 92.5 Å². The van der Waals surface area contributed by atoms with Gasteiger partial charge in [-0.3, -0.25) is 9.59 Å². The Kier molecular flexibility index (Phi) is 28.6. The van der Waals surface area contributed by atoms with Gasteiger partial charge < -0.3 is 53.6 Å². The van der Waals surface area contributed by atoms with Crippen molar-refractivity contribution in [3.8, 4) is 0 Å². The van der Waals surface area contributed by atoms with Gasteiger partial charge >= 0.3 is 5.97 Å². The number of rotatable bonds is 31. The molecule has 2 amide bonds. The second-order valence-electron chi connectivity index (χ2n) is 8.46. The van der Waals surface area contributed by atoms with Crippen LogP contribution in [0.15, 0.2) is 0 Å². The minimum atomic E-state index is -1.10. The Labute approximate surface area is 237 Å². The summed E-state index contributed by atoms with van der Waals surface area (Å²) in [4.78, 5) is 35.4.